The molecule has 24 heavy (non-hydrogen) atoms. The number of phenolic OH excluding ortho intramolecular Hbond substituents is 1. The Kier molecular flexibility index (Phi) is 5.24. The molecule has 0 heterocycles. The molecule has 0 fully saturated rings. The Morgan fingerprint density at radius 2 is 1.58 bits per heavy atom. The zero-order chi connectivity index (χ0) is 18.1. The van der Waals surface area contributed by atoms with Gasteiger partial charge in [-0.2, -0.15) is 0 Å². The smallest absolute Gasteiger partial charge is 0.124 e. The minimum atomic E-state index is 0.00238. The fraction of sp³-hybridized carbons (Fsp3) is 0.381. The topological polar surface area (TPSA) is 32.6 Å². The number of hydrogen-bond acceptors (Lipinski definition) is 2. The fourth-order valence-electron chi connectivity index (χ4n) is 2.51. The van der Waals surface area contributed by atoms with E-state index < -0.39 is 0 Å². The lowest BCUT2D eigenvalue weighted by Gasteiger charge is -2.25. The van der Waals surface area contributed by atoms with Crippen molar-refractivity contribution in [3.8, 4) is 5.75 Å². The number of phenols is 1. The number of rotatable bonds is 2. The first-order valence-corrected chi connectivity index (χ1v) is 8.95. The van der Waals surface area contributed by atoms with Gasteiger partial charge in [-0.3, -0.25) is 4.99 Å². The molecule has 2 aromatic carbocycles. The molecule has 0 amide bonds. The lowest BCUT2D eigenvalue weighted by atomic mass is 9.81. The summed E-state index contributed by atoms with van der Waals surface area (Å²) in [7, 11) is 0. The molecule has 0 radical (unpaired) electrons. The molecule has 0 saturated heterocycles. The Bertz CT molecular complexity index is 764. The quantitative estimate of drug-likeness (QED) is 0.585. The maximum Gasteiger partial charge on any atom is 0.124 e. The Morgan fingerprint density at radius 3 is 2.17 bits per heavy atom. The van der Waals surface area contributed by atoms with Crippen LogP contribution in [0.1, 0.15) is 58.2 Å². The second-order valence-electron chi connectivity index (χ2n) is 8.19. The standard InChI is InChI=1S/C21H26BrNO/c1-20(2,3)15-7-9-17(21(4,5)6)18(12-15)23-13-14-11-16(22)8-10-19(14)24/h7-13,24H,1-6H3. The van der Waals surface area contributed by atoms with Crippen LogP contribution < -0.4 is 0 Å². The minimum absolute atomic E-state index is 0.00238. The van der Waals surface area contributed by atoms with Gasteiger partial charge in [0.1, 0.15) is 5.75 Å². The lowest BCUT2D eigenvalue weighted by Crippen LogP contribution is -2.15. The molecule has 0 spiro atoms. The van der Waals surface area contributed by atoms with Crippen molar-refractivity contribution in [2.24, 2.45) is 4.99 Å². The van der Waals surface area contributed by atoms with Crippen molar-refractivity contribution in [3.63, 3.8) is 0 Å². The highest BCUT2D eigenvalue weighted by molar-refractivity contribution is 9.10. The van der Waals surface area contributed by atoms with Crippen LogP contribution in [-0.2, 0) is 10.8 Å². The summed E-state index contributed by atoms with van der Waals surface area (Å²) >= 11 is 3.43. The van der Waals surface area contributed by atoms with Crippen LogP contribution in [-0.4, -0.2) is 11.3 Å². The van der Waals surface area contributed by atoms with Gasteiger partial charge in [0.05, 0.1) is 5.69 Å². The van der Waals surface area contributed by atoms with E-state index in [4.69, 9.17) is 4.99 Å². The van der Waals surface area contributed by atoms with Gasteiger partial charge < -0.3 is 5.11 Å². The normalized spacial score (nSPS) is 12.8. The summed E-state index contributed by atoms with van der Waals surface area (Å²) < 4.78 is 0.918. The first-order chi connectivity index (χ1) is 11.0. The highest BCUT2D eigenvalue weighted by Gasteiger charge is 2.21. The molecule has 0 aliphatic carbocycles. The molecule has 2 nitrogen and oxygen atoms in total. The van der Waals surface area contributed by atoms with E-state index >= 15 is 0 Å². The molecule has 0 aromatic heterocycles. The van der Waals surface area contributed by atoms with Crippen LogP contribution in [0.4, 0.5) is 5.69 Å². The number of aromatic hydroxyl groups is 1. The summed E-state index contributed by atoms with van der Waals surface area (Å²) in [6.45, 7) is 13.2. The molecule has 0 aliphatic heterocycles. The van der Waals surface area contributed by atoms with Crippen LogP contribution in [0.15, 0.2) is 45.9 Å². The van der Waals surface area contributed by atoms with Crippen molar-refractivity contribution in [1.82, 2.24) is 0 Å². The summed E-state index contributed by atoms with van der Waals surface area (Å²) in [6.07, 6.45) is 1.73. The average Bonchev–Trinajstić information content (AvgIpc) is 2.46. The third kappa shape index (κ3) is 4.47. The van der Waals surface area contributed by atoms with Gasteiger partial charge in [-0.1, -0.05) is 69.6 Å². The van der Waals surface area contributed by atoms with Crippen LogP contribution in [0.3, 0.4) is 0 Å². The average molecular weight is 388 g/mol. The number of halogens is 1. The van der Waals surface area contributed by atoms with Gasteiger partial charge in [-0.05, 0) is 46.2 Å². The number of nitrogens with zero attached hydrogens (tertiary/aromatic N) is 1. The van der Waals surface area contributed by atoms with E-state index in [1.165, 1.54) is 11.1 Å². The first-order valence-electron chi connectivity index (χ1n) is 8.16. The van der Waals surface area contributed by atoms with E-state index in [9.17, 15) is 5.11 Å². The van der Waals surface area contributed by atoms with Crippen molar-refractivity contribution >= 4 is 27.8 Å². The molecular formula is C21H26BrNO. The van der Waals surface area contributed by atoms with Crippen LogP contribution in [0.2, 0.25) is 0 Å². The molecule has 0 bridgehead atoms. The molecule has 0 aliphatic rings. The van der Waals surface area contributed by atoms with Gasteiger partial charge in [0.2, 0.25) is 0 Å². The first kappa shape index (κ1) is 18.7. The van der Waals surface area contributed by atoms with Gasteiger partial charge in [0.25, 0.3) is 0 Å². The lowest BCUT2D eigenvalue weighted by molar-refractivity contribution is 0.474. The molecule has 3 heteroatoms. The van der Waals surface area contributed by atoms with E-state index in [-0.39, 0.29) is 16.6 Å². The third-order valence-electron chi connectivity index (χ3n) is 4.00. The van der Waals surface area contributed by atoms with Crippen LogP contribution in [0.5, 0.6) is 5.75 Å². The van der Waals surface area contributed by atoms with Crippen molar-refractivity contribution < 1.29 is 5.11 Å². The highest BCUT2D eigenvalue weighted by Crippen LogP contribution is 2.35. The highest BCUT2D eigenvalue weighted by atomic mass is 79.9. The van der Waals surface area contributed by atoms with Gasteiger partial charge in [0.15, 0.2) is 0 Å². The summed E-state index contributed by atoms with van der Waals surface area (Å²) in [5.74, 6) is 0.228. The van der Waals surface area contributed by atoms with Gasteiger partial charge >= 0.3 is 0 Å². The monoisotopic (exact) mass is 387 g/mol. The maximum atomic E-state index is 10.0. The predicted octanol–water partition coefficient (Wildman–Crippen LogP) is 6.50. The van der Waals surface area contributed by atoms with E-state index in [0.29, 0.717) is 5.56 Å². The van der Waals surface area contributed by atoms with Crippen LogP contribution >= 0.6 is 15.9 Å². The number of aliphatic imine (C=N–C) groups is 1. The van der Waals surface area contributed by atoms with Crippen LogP contribution in [0, 0.1) is 0 Å². The van der Waals surface area contributed by atoms with E-state index in [0.717, 1.165) is 10.2 Å². The molecular weight excluding hydrogens is 362 g/mol. The Labute approximate surface area is 153 Å². The van der Waals surface area contributed by atoms with Crippen molar-refractivity contribution in [3.05, 3.63) is 57.6 Å². The molecule has 2 aromatic rings. The maximum absolute atomic E-state index is 10.0. The molecule has 0 atom stereocenters. The second-order valence-corrected chi connectivity index (χ2v) is 9.11. The summed E-state index contributed by atoms with van der Waals surface area (Å²) in [6, 6.07) is 11.9. The second kappa shape index (κ2) is 6.72. The molecule has 0 saturated carbocycles. The zero-order valence-corrected chi connectivity index (χ0v) is 16.9. The largest absolute Gasteiger partial charge is 0.507 e. The SMILES string of the molecule is CC(C)(C)c1ccc(C(C)(C)C)c(N=Cc2cc(Br)ccc2O)c1. The van der Waals surface area contributed by atoms with Gasteiger partial charge in [0, 0.05) is 16.3 Å². The molecule has 1 N–H and O–H groups in total. The van der Waals surface area contributed by atoms with E-state index in [2.05, 4.69) is 75.7 Å². The number of hydrogen-bond donors (Lipinski definition) is 1. The molecule has 0 unspecified atom stereocenters. The Balaban J connectivity index is 2.54. The van der Waals surface area contributed by atoms with Crippen LogP contribution in [0.25, 0.3) is 0 Å². The van der Waals surface area contributed by atoms with Crippen molar-refractivity contribution in [1.29, 1.82) is 0 Å². The minimum Gasteiger partial charge on any atom is -0.507 e. The predicted molar refractivity (Wildman–Crippen MR) is 107 cm³/mol. The summed E-state index contributed by atoms with van der Waals surface area (Å²) in [5.41, 5.74) is 4.17. The zero-order valence-electron chi connectivity index (χ0n) is 15.3. The fourth-order valence-corrected chi connectivity index (χ4v) is 2.89. The Morgan fingerprint density at radius 1 is 0.917 bits per heavy atom. The Hall–Kier alpha value is -1.61. The summed E-state index contributed by atoms with van der Waals surface area (Å²) in [5, 5.41) is 10.0. The van der Waals surface area contributed by atoms with Gasteiger partial charge in [-0.25, -0.2) is 0 Å². The molecule has 2 rings (SSSR count). The van der Waals surface area contributed by atoms with Crippen molar-refractivity contribution in [2.45, 2.75) is 52.4 Å². The van der Waals surface area contributed by atoms with E-state index in [1.807, 2.05) is 12.1 Å². The molecule has 128 valence electrons. The van der Waals surface area contributed by atoms with Crippen molar-refractivity contribution in [2.75, 3.05) is 0 Å². The summed E-state index contributed by atoms with van der Waals surface area (Å²) in [4.78, 5) is 4.71. The van der Waals surface area contributed by atoms with Gasteiger partial charge in [-0.15, -0.1) is 0 Å². The third-order valence-corrected chi connectivity index (χ3v) is 4.50. The van der Waals surface area contributed by atoms with E-state index in [1.54, 1.807) is 12.3 Å². The number of benzene rings is 2.